The summed E-state index contributed by atoms with van der Waals surface area (Å²) < 4.78 is 23.3. The minimum Gasteiger partial charge on any atom is -0.354 e. The number of amides is 2. The standard InChI is InChI=1S/C17H31N3O4S/c1-12(2)19-15(21)13-5-4-6-14(11-13)20-16(22)17(25(3,23)24)7-9-18-10-8-17/h12-14,18H,4-11H2,1-3H3,(H,19,21)(H,20,22). The van der Waals surface area contributed by atoms with Crippen molar-refractivity contribution in [2.24, 2.45) is 5.92 Å². The minimum atomic E-state index is -3.51. The van der Waals surface area contributed by atoms with E-state index in [9.17, 15) is 18.0 Å². The van der Waals surface area contributed by atoms with E-state index in [2.05, 4.69) is 16.0 Å². The van der Waals surface area contributed by atoms with Crippen molar-refractivity contribution in [3.8, 4) is 0 Å². The Labute approximate surface area is 150 Å². The second kappa shape index (κ2) is 8.03. The van der Waals surface area contributed by atoms with E-state index in [1.165, 1.54) is 0 Å². The Morgan fingerprint density at radius 1 is 1.16 bits per heavy atom. The molecule has 1 aliphatic heterocycles. The number of hydrogen-bond donors (Lipinski definition) is 3. The third kappa shape index (κ3) is 4.73. The fourth-order valence-corrected chi connectivity index (χ4v) is 5.22. The van der Waals surface area contributed by atoms with E-state index in [0.717, 1.165) is 25.5 Å². The van der Waals surface area contributed by atoms with Crippen LogP contribution in [0.5, 0.6) is 0 Å². The van der Waals surface area contributed by atoms with Crippen LogP contribution in [-0.4, -0.2) is 56.4 Å². The average Bonchev–Trinajstić information content (AvgIpc) is 2.54. The average molecular weight is 374 g/mol. The van der Waals surface area contributed by atoms with Gasteiger partial charge in [0.15, 0.2) is 14.6 Å². The third-order valence-corrected chi connectivity index (χ3v) is 7.36. The first kappa shape index (κ1) is 20.2. The van der Waals surface area contributed by atoms with Gasteiger partial charge in [-0.3, -0.25) is 9.59 Å². The highest BCUT2D eigenvalue weighted by Gasteiger charge is 2.49. The van der Waals surface area contributed by atoms with E-state index in [-0.39, 0.29) is 23.9 Å². The Morgan fingerprint density at radius 2 is 1.80 bits per heavy atom. The molecule has 1 heterocycles. The molecule has 144 valence electrons. The number of carbonyl (C=O) groups is 2. The predicted molar refractivity (Wildman–Crippen MR) is 96.8 cm³/mol. The molecule has 2 aliphatic rings. The molecule has 1 aliphatic carbocycles. The zero-order valence-electron chi connectivity index (χ0n) is 15.4. The van der Waals surface area contributed by atoms with E-state index in [1.807, 2.05) is 13.8 Å². The molecule has 1 saturated carbocycles. The SMILES string of the molecule is CC(C)NC(=O)C1CCCC(NC(=O)C2(S(C)(=O)=O)CCNCC2)C1. The van der Waals surface area contributed by atoms with Crippen LogP contribution in [0.3, 0.4) is 0 Å². The maximum Gasteiger partial charge on any atom is 0.241 e. The molecule has 2 atom stereocenters. The Bertz CT molecular complexity index is 597. The van der Waals surface area contributed by atoms with Crippen LogP contribution in [0.2, 0.25) is 0 Å². The summed E-state index contributed by atoms with van der Waals surface area (Å²) in [6, 6.07) is -0.0524. The van der Waals surface area contributed by atoms with Gasteiger partial charge in [-0.25, -0.2) is 8.42 Å². The molecule has 0 bridgehead atoms. The largest absolute Gasteiger partial charge is 0.354 e. The smallest absolute Gasteiger partial charge is 0.241 e. The molecule has 0 spiro atoms. The molecule has 25 heavy (non-hydrogen) atoms. The topological polar surface area (TPSA) is 104 Å². The third-order valence-electron chi connectivity index (χ3n) is 5.35. The van der Waals surface area contributed by atoms with E-state index < -0.39 is 20.5 Å². The normalized spacial score (nSPS) is 26.9. The van der Waals surface area contributed by atoms with Crippen molar-refractivity contribution in [1.82, 2.24) is 16.0 Å². The number of rotatable bonds is 5. The number of hydrogen-bond acceptors (Lipinski definition) is 5. The molecule has 2 amide bonds. The van der Waals surface area contributed by atoms with E-state index in [4.69, 9.17) is 0 Å². The first-order valence-corrected chi connectivity index (χ1v) is 11.1. The summed E-state index contributed by atoms with van der Waals surface area (Å²) in [4.78, 5) is 25.1. The van der Waals surface area contributed by atoms with Gasteiger partial charge in [0, 0.05) is 24.3 Å². The molecule has 8 heteroatoms. The van der Waals surface area contributed by atoms with Gasteiger partial charge in [0.2, 0.25) is 11.8 Å². The predicted octanol–water partition coefficient (Wildman–Crippen LogP) is 0.353. The van der Waals surface area contributed by atoms with Gasteiger partial charge < -0.3 is 16.0 Å². The van der Waals surface area contributed by atoms with E-state index in [0.29, 0.717) is 32.4 Å². The number of carbonyl (C=O) groups excluding carboxylic acids is 2. The molecular formula is C17H31N3O4S. The highest BCUT2D eigenvalue weighted by molar-refractivity contribution is 7.92. The van der Waals surface area contributed by atoms with Crippen LogP contribution in [0, 0.1) is 5.92 Å². The van der Waals surface area contributed by atoms with Gasteiger partial charge in [0.25, 0.3) is 0 Å². The van der Waals surface area contributed by atoms with Gasteiger partial charge >= 0.3 is 0 Å². The fourth-order valence-electron chi connectivity index (χ4n) is 3.88. The van der Waals surface area contributed by atoms with E-state index >= 15 is 0 Å². The van der Waals surface area contributed by atoms with Crippen LogP contribution in [0.15, 0.2) is 0 Å². The quantitative estimate of drug-likeness (QED) is 0.645. The molecule has 2 unspecified atom stereocenters. The maximum atomic E-state index is 12.9. The van der Waals surface area contributed by atoms with Crippen molar-refractivity contribution in [3.63, 3.8) is 0 Å². The summed E-state index contributed by atoms with van der Waals surface area (Å²) in [5, 5.41) is 8.99. The lowest BCUT2D eigenvalue weighted by molar-refractivity contribution is -0.129. The Balaban J connectivity index is 2.04. The van der Waals surface area contributed by atoms with Gasteiger partial charge in [-0.2, -0.15) is 0 Å². The lowest BCUT2D eigenvalue weighted by Crippen LogP contribution is -2.59. The van der Waals surface area contributed by atoms with Crippen molar-refractivity contribution in [2.45, 2.75) is 69.2 Å². The second-order valence-electron chi connectivity index (χ2n) is 7.71. The monoisotopic (exact) mass is 373 g/mol. The first-order valence-electron chi connectivity index (χ1n) is 9.17. The molecule has 0 aromatic rings. The van der Waals surface area contributed by atoms with Crippen molar-refractivity contribution in [3.05, 3.63) is 0 Å². The fraction of sp³-hybridized carbons (Fsp3) is 0.882. The zero-order chi connectivity index (χ0) is 18.7. The minimum absolute atomic E-state index is 0.0219. The molecule has 2 rings (SSSR count). The molecular weight excluding hydrogens is 342 g/mol. The van der Waals surface area contributed by atoms with Gasteiger partial charge in [-0.05, 0) is 59.0 Å². The second-order valence-corrected chi connectivity index (χ2v) is 10.0. The van der Waals surface area contributed by atoms with Gasteiger partial charge in [0.05, 0.1) is 0 Å². The maximum absolute atomic E-state index is 12.9. The van der Waals surface area contributed by atoms with Crippen LogP contribution < -0.4 is 16.0 Å². The lowest BCUT2D eigenvalue weighted by atomic mass is 9.84. The Hall–Kier alpha value is -1.15. The van der Waals surface area contributed by atoms with E-state index in [1.54, 1.807) is 0 Å². The number of sulfone groups is 1. The van der Waals surface area contributed by atoms with Gasteiger partial charge in [-0.1, -0.05) is 6.42 Å². The van der Waals surface area contributed by atoms with Gasteiger partial charge in [0.1, 0.15) is 0 Å². The van der Waals surface area contributed by atoms with Crippen molar-refractivity contribution < 1.29 is 18.0 Å². The summed E-state index contributed by atoms with van der Waals surface area (Å²) in [6.07, 6.45) is 4.76. The summed E-state index contributed by atoms with van der Waals surface area (Å²) in [5.41, 5.74) is 0. The molecule has 0 radical (unpaired) electrons. The molecule has 1 saturated heterocycles. The van der Waals surface area contributed by atoms with Crippen LogP contribution >= 0.6 is 0 Å². The first-order chi connectivity index (χ1) is 11.7. The van der Waals surface area contributed by atoms with Crippen molar-refractivity contribution in [1.29, 1.82) is 0 Å². The van der Waals surface area contributed by atoms with Crippen LogP contribution in [0.1, 0.15) is 52.4 Å². The summed E-state index contributed by atoms with van der Waals surface area (Å²) in [7, 11) is -3.51. The molecule has 0 aromatic carbocycles. The van der Waals surface area contributed by atoms with Gasteiger partial charge in [-0.15, -0.1) is 0 Å². The highest BCUT2D eigenvalue weighted by atomic mass is 32.2. The van der Waals surface area contributed by atoms with Crippen LogP contribution in [0.25, 0.3) is 0 Å². The molecule has 2 fully saturated rings. The summed E-state index contributed by atoms with van der Waals surface area (Å²) >= 11 is 0. The molecule has 3 N–H and O–H groups in total. The lowest BCUT2D eigenvalue weighted by Gasteiger charge is -2.37. The number of piperidine rings is 1. The van der Waals surface area contributed by atoms with Crippen molar-refractivity contribution in [2.75, 3.05) is 19.3 Å². The summed E-state index contributed by atoms with van der Waals surface area (Å²) in [6.45, 7) is 4.88. The van der Waals surface area contributed by atoms with Crippen molar-refractivity contribution >= 4 is 21.7 Å². The number of nitrogens with one attached hydrogen (secondary N) is 3. The Kier molecular flexibility index (Phi) is 6.48. The summed E-state index contributed by atoms with van der Waals surface area (Å²) in [5.74, 6) is -0.497. The highest BCUT2D eigenvalue weighted by Crippen LogP contribution is 2.30. The Morgan fingerprint density at radius 3 is 2.36 bits per heavy atom. The van der Waals surface area contributed by atoms with Crippen LogP contribution in [-0.2, 0) is 19.4 Å². The van der Waals surface area contributed by atoms with Crippen LogP contribution in [0.4, 0.5) is 0 Å². The zero-order valence-corrected chi connectivity index (χ0v) is 16.2. The molecule has 0 aromatic heterocycles. The molecule has 7 nitrogen and oxygen atoms in total.